The van der Waals surface area contributed by atoms with Crippen LogP contribution in [-0.2, 0) is 13.1 Å². The van der Waals surface area contributed by atoms with Crippen LogP contribution < -0.4 is 9.47 Å². The van der Waals surface area contributed by atoms with Gasteiger partial charge in [-0.2, -0.15) is 0 Å². The van der Waals surface area contributed by atoms with Crippen molar-refractivity contribution in [2.45, 2.75) is 31.8 Å². The molecule has 0 fully saturated rings. The van der Waals surface area contributed by atoms with Crippen molar-refractivity contribution in [3.8, 4) is 17.2 Å². The SMILES string of the molecule is COc1cccc(CN(Cc2ccc(O)cc2)C(=Nc2cc(C)ccc2OC)Sc2cccc(C)c2)c1. The highest BCUT2D eigenvalue weighted by Gasteiger charge is 2.17. The van der Waals surface area contributed by atoms with E-state index in [4.69, 9.17) is 14.5 Å². The molecule has 37 heavy (non-hydrogen) atoms. The maximum absolute atomic E-state index is 9.82. The average molecular weight is 513 g/mol. The van der Waals surface area contributed by atoms with Crippen LogP contribution in [-0.4, -0.2) is 29.4 Å². The van der Waals surface area contributed by atoms with E-state index in [9.17, 15) is 5.11 Å². The topological polar surface area (TPSA) is 54.3 Å². The normalized spacial score (nSPS) is 11.3. The van der Waals surface area contributed by atoms with E-state index in [2.05, 4.69) is 49.1 Å². The molecule has 0 amide bonds. The smallest absolute Gasteiger partial charge is 0.170 e. The summed E-state index contributed by atoms with van der Waals surface area (Å²) in [6.45, 7) is 5.36. The Hall–Kier alpha value is -3.90. The highest BCUT2D eigenvalue weighted by atomic mass is 32.2. The van der Waals surface area contributed by atoms with Crippen molar-refractivity contribution >= 4 is 22.6 Å². The number of nitrogens with zero attached hydrogens (tertiary/aromatic N) is 2. The molecule has 0 spiro atoms. The summed E-state index contributed by atoms with van der Waals surface area (Å²) in [6.07, 6.45) is 0. The molecule has 0 unspecified atom stereocenters. The molecular weight excluding hydrogens is 480 g/mol. The third-order valence-electron chi connectivity index (χ3n) is 5.84. The number of thioether (sulfide) groups is 1. The second-order valence-electron chi connectivity index (χ2n) is 8.86. The largest absolute Gasteiger partial charge is 0.508 e. The minimum Gasteiger partial charge on any atom is -0.508 e. The van der Waals surface area contributed by atoms with E-state index in [1.807, 2.05) is 48.5 Å². The lowest BCUT2D eigenvalue weighted by atomic mass is 10.1. The number of ether oxygens (including phenoxy) is 2. The number of phenolic OH excluding ortho intramolecular Hbond substituents is 1. The van der Waals surface area contributed by atoms with Crippen molar-refractivity contribution in [1.29, 1.82) is 0 Å². The van der Waals surface area contributed by atoms with E-state index >= 15 is 0 Å². The molecule has 0 aliphatic carbocycles. The van der Waals surface area contributed by atoms with Crippen LogP contribution >= 0.6 is 11.8 Å². The van der Waals surface area contributed by atoms with Crippen LogP contribution in [0.4, 0.5) is 5.69 Å². The highest BCUT2D eigenvalue weighted by molar-refractivity contribution is 8.13. The Kier molecular flexibility index (Phi) is 8.75. The van der Waals surface area contributed by atoms with E-state index in [1.54, 1.807) is 38.1 Å². The van der Waals surface area contributed by atoms with E-state index in [1.165, 1.54) is 5.56 Å². The molecule has 190 valence electrons. The van der Waals surface area contributed by atoms with E-state index in [0.717, 1.165) is 43.9 Å². The molecule has 5 nitrogen and oxygen atoms in total. The lowest BCUT2D eigenvalue weighted by Gasteiger charge is -2.27. The lowest BCUT2D eigenvalue weighted by molar-refractivity contribution is 0.402. The molecule has 1 N–H and O–H groups in total. The number of benzene rings is 4. The molecule has 0 atom stereocenters. The second-order valence-corrected chi connectivity index (χ2v) is 9.90. The van der Waals surface area contributed by atoms with E-state index < -0.39 is 0 Å². The maximum atomic E-state index is 9.82. The summed E-state index contributed by atoms with van der Waals surface area (Å²) >= 11 is 1.62. The number of hydrogen-bond acceptors (Lipinski definition) is 5. The highest BCUT2D eigenvalue weighted by Crippen LogP contribution is 2.33. The average Bonchev–Trinajstić information content (AvgIpc) is 2.89. The number of aromatic hydroxyl groups is 1. The quantitative estimate of drug-likeness (QED) is 0.150. The standard InChI is InChI=1S/C31H32N2O3S/c1-22-7-5-10-28(17-22)37-31(32-29-18-23(2)11-16-30(29)36-4)33(20-24-12-14-26(34)15-13-24)21-25-8-6-9-27(19-25)35-3/h5-19,34H,20-21H2,1-4H3. The molecule has 0 saturated carbocycles. The summed E-state index contributed by atoms with van der Waals surface area (Å²) in [7, 11) is 3.35. The molecule has 0 aromatic heterocycles. The Morgan fingerprint density at radius 3 is 2.24 bits per heavy atom. The number of hydrogen-bond donors (Lipinski definition) is 1. The van der Waals surface area contributed by atoms with Gasteiger partial charge in [-0.05, 0) is 79.1 Å². The Labute approximate surface area is 223 Å². The third-order valence-corrected chi connectivity index (χ3v) is 6.86. The van der Waals surface area contributed by atoms with Gasteiger partial charge in [-0.1, -0.05) is 59.8 Å². The molecule has 0 heterocycles. The Bertz CT molecular complexity index is 1370. The summed E-state index contributed by atoms with van der Waals surface area (Å²) < 4.78 is 11.1. The van der Waals surface area contributed by atoms with Crippen molar-refractivity contribution in [3.05, 3.63) is 113 Å². The van der Waals surface area contributed by atoms with E-state index in [-0.39, 0.29) is 5.75 Å². The number of aliphatic imine (C=N–C) groups is 1. The summed E-state index contributed by atoms with van der Waals surface area (Å²) in [5.41, 5.74) is 5.24. The Morgan fingerprint density at radius 2 is 1.51 bits per heavy atom. The number of phenols is 1. The summed E-state index contributed by atoms with van der Waals surface area (Å²) in [6, 6.07) is 29.8. The van der Waals surface area contributed by atoms with Gasteiger partial charge in [0.1, 0.15) is 22.9 Å². The maximum Gasteiger partial charge on any atom is 0.170 e. The predicted octanol–water partition coefficient (Wildman–Crippen LogP) is 7.51. The zero-order valence-electron chi connectivity index (χ0n) is 21.6. The zero-order valence-corrected chi connectivity index (χ0v) is 22.5. The van der Waals surface area contributed by atoms with Gasteiger partial charge in [0.25, 0.3) is 0 Å². The summed E-state index contributed by atoms with van der Waals surface area (Å²) in [5, 5.41) is 10.7. The van der Waals surface area contributed by atoms with Crippen LogP contribution in [0.2, 0.25) is 0 Å². The predicted molar refractivity (Wildman–Crippen MR) is 152 cm³/mol. The van der Waals surface area contributed by atoms with Gasteiger partial charge in [0.2, 0.25) is 0 Å². The Balaban J connectivity index is 1.81. The number of amidine groups is 1. The minimum atomic E-state index is 0.246. The zero-order chi connectivity index (χ0) is 26.2. The van der Waals surface area contributed by atoms with Crippen molar-refractivity contribution in [3.63, 3.8) is 0 Å². The molecular formula is C31H32N2O3S. The van der Waals surface area contributed by atoms with E-state index in [0.29, 0.717) is 13.1 Å². The van der Waals surface area contributed by atoms with Gasteiger partial charge in [-0.15, -0.1) is 0 Å². The van der Waals surface area contributed by atoms with Gasteiger partial charge in [0.15, 0.2) is 5.17 Å². The van der Waals surface area contributed by atoms with Crippen LogP contribution in [0.5, 0.6) is 17.2 Å². The molecule has 0 aliphatic heterocycles. The van der Waals surface area contributed by atoms with Crippen molar-refractivity contribution in [1.82, 2.24) is 4.90 Å². The van der Waals surface area contributed by atoms with Gasteiger partial charge < -0.3 is 19.5 Å². The van der Waals surface area contributed by atoms with Crippen LogP contribution in [0.1, 0.15) is 22.3 Å². The molecule has 0 radical (unpaired) electrons. The molecule has 4 aromatic carbocycles. The first-order valence-electron chi connectivity index (χ1n) is 12.1. The first-order chi connectivity index (χ1) is 17.9. The van der Waals surface area contributed by atoms with Crippen molar-refractivity contribution in [2.75, 3.05) is 14.2 Å². The van der Waals surface area contributed by atoms with Crippen molar-refractivity contribution < 1.29 is 14.6 Å². The molecule has 0 aliphatic rings. The van der Waals surface area contributed by atoms with Crippen LogP contribution in [0, 0.1) is 13.8 Å². The molecule has 4 rings (SSSR count). The monoisotopic (exact) mass is 512 g/mol. The first kappa shape index (κ1) is 26.2. The fourth-order valence-corrected chi connectivity index (χ4v) is 4.94. The molecule has 6 heteroatoms. The number of rotatable bonds is 8. The first-order valence-corrected chi connectivity index (χ1v) is 12.9. The number of aryl methyl sites for hydroxylation is 2. The van der Waals surface area contributed by atoms with Gasteiger partial charge >= 0.3 is 0 Å². The van der Waals surface area contributed by atoms with Crippen LogP contribution in [0.3, 0.4) is 0 Å². The molecule has 0 bridgehead atoms. The molecule has 4 aromatic rings. The second kappa shape index (κ2) is 12.4. The summed E-state index contributed by atoms with van der Waals surface area (Å²) in [4.78, 5) is 8.52. The van der Waals surface area contributed by atoms with Crippen molar-refractivity contribution in [2.24, 2.45) is 4.99 Å². The third kappa shape index (κ3) is 7.30. The fraction of sp³-hybridized carbons (Fsp3) is 0.194. The fourth-order valence-electron chi connectivity index (χ4n) is 3.94. The van der Waals surface area contributed by atoms with Crippen LogP contribution in [0.15, 0.2) is 101 Å². The molecule has 0 saturated heterocycles. The van der Waals surface area contributed by atoms with Gasteiger partial charge in [0.05, 0.1) is 14.2 Å². The Morgan fingerprint density at radius 1 is 0.784 bits per heavy atom. The van der Waals surface area contributed by atoms with Gasteiger partial charge in [-0.3, -0.25) is 0 Å². The van der Waals surface area contributed by atoms with Gasteiger partial charge in [0, 0.05) is 18.0 Å². The summed E-state index contributed by atoms with van der Waals surface area (Å²) in [5.74, 6) is 1.78. The number of methoxy groups -OCH3 is 2. The van der Waals surface area contributed by atoms with Crippen LogP contribution in [0.25, 0.3) is 0 Å². The minimum absolute atomic E-state index is 0.246. The van der Waals surface area contributed by atoms with Gasteiger partial charge in [-0.25, -0.2) is 4.99 Å². The lowest BCUT2D eigenvalue weighted by Crippen LogP contribution is -2.28.